The molecule has 0 aliphatic heterocycles. The average Bonchev–Trinajstić information content (AvgIpc) is 2.85. The lowest BCUT2D eigenvalue weighted by Crippen LogP contribution is -2.11. The quantitative estimate of drug-likeness (QED) is 0.655. The van der Waals surface area contributed by atoms with Crippen molar-refractivity contribution in [3.63, 3.8) is 0 Å². The Morgan fingerprint density at radius 1 is 1.48 bits per heavy atom. The zero-order valence-electron chi connectivity index (χ0n) is 10.4. The summed E-state index contributed by atoms with van der Waals surface area (Å²) >= 11 is 6.36. The summed E-state index contributed by atoms with van der Waals surface area (Å²) in [4.78, 5) is 13.9. The Balaban J connectivity index is 2.36. The van der Waals surface area contributed by atoms with Gasteiger partial charge >= 0.3 is 5.69 Å². The Morgan fingerprint density at radius 3 is 2.71 bits per heavy atom. The molecule has 1 aromatic heterocycles. The standard InChI is InChI=1S/C10H8ClN3O5S2/c1-19-8-3-2-6(4-7(8)14(15)16)13-21(17,18)9-5-12-10(11)20-9/h2-5,13H,1H3. The minimum absolute atomic E-state index is 0.0313. The molecule has 0 saturated heterocycles. The summed E-state index contributed by atoms with van der Waals surface area (Å²) in [5.74, 6) is 0.0313. The number of nitro benzene ring substituents is 1. The Kier molecular flexibility index (Phi) is 4.30. The van der Waals surface area contributed by atoms with Crippen molar-refractivity contribution in [1.82, 2.24) is 4.98 Å². The maximum Gasteiger partial charge on any atom is 0.312 e. The Morgan fingerprint density at radius 2 is 2.19 bits per heavy atom. The summed E-state index contributed by atoms with van der Waals surface area (Å²) in [7, 11) is -2.61. The van der Waals surface area contributed by atoms with Gasteiger partial charge < -0.3 is 4.74 Å². The molecule has 0 unspecified atom stereocenters. The number of ether oxygens (including phenoxy) is 1. The molecule has 0 amide bonds. The molecule has 8 nitrogen and oxygen atoms in total. The highest BCUT2D eigenvalue weighted by Gasteiger charge is 2.21. The van der Waals surface area contributed by atoms with Crippen LogP contribution in [0.15, 0.2) is 28.6 Å². The van der Waals surface area contributed by atoms with Crippen molar-refractivity contribution in [2.75, 3.05) is 11.8 Å². The maximum absolute atomic E-state index is 12.1. The number of rotatable bonds is 5. The minimum atomic E-state index is -3.90. The molecule has 2 rings (SSSR count). The summed E-state index contributed by atoms with van der Waals surface area (Å²) in [5.41, 5.74) is -0.313. The number of thiazole rings is 1. The van der Waals surface area contributed by atoms with E-state index >= 15 is 0 Å². The second-order valence-corrected chi connectivity index (χ2v) is 7.20. The van der Waals surface area contributed by atoms with Crippen LogP contribution in [0.3, 0.4) is 0 Å². The lowest BCUT2D eigenvalue weighted by Gasteiger charge is -2.07. The third-order valence-corrected chi connectivity index (χ3v) is 5.31. The molecule has 1 heterocycles. The van der Waals surface area contributed by atoms with Crippen LogP contribution in [-0.2, 0) is 10.0 Å². The van der Waals surface area contributed by atoms with E-state index < -0.39 is 14.9 Å². The molecular weight excluding hydrogens is 342 g/mol. The van der Waals surface area contributed by atoms with Crippen LogP contribution in [0.4, 0.5) is 11.4 Å². The number of anilines is 1. The van der Waals surface area contributed by atoms with Crippen molar-refractivity contribution in [3.05, 3.63) is 39.0 Å². The molecule has 0 saturated carbocycles. The summed E-state index contributed by atoms with van der Waals surface area (Å²) < 4.78 is 31.1. The molecule has 1 aromatic carbocycles. The van der Waals surface area contributed by atoms with E-state index in [1.54, 1.807) is 0 Å². The van der Waals surface area contributed by atoms with Gasteiger partial charge in [0.1, 0.15) is 0 Å². The Hall–Kier alpha value is -1.91. The number of hydrogen-bond donors (Lipinski definition) is 1. The van der Waals surface area contributed by atoms with Gasteiger partial charge in [0.05, 0.1) is 23.9 Å². The molecule has 0 bridgehead atoms. The first kappa shape index (κ1) is 15.5. The van der Waals surface area contributed by atoms with Gasteiger partial charge in [0, 0.05) is 6.07 Å². The van der Waals surface area contributed by atoms with Gasteiger partial charge in [0.15, 0.2) is 14.4 Å². The number of hydrogen-bond acceptors (Lipinski definition) is 7. The number of sulfonamides is 1. The van der Waals surface area contributed by atoms with Crippen molar-refractivity contribution in [2.24, 2.45) is 0 Å². The number of halogens is 1. The van der Waals surface area contributed by atoms with Crippen molar-refractivity contribution in [2.45, 2.75) is 4.21 Å². The van der Waals surface area contributed by atoms with E-state index in [1.807, 2.05) is 0 Å². The second-order valence-electron chi connectivity index (χ2n) is 3.68. The molecule has 21 heavy (non-hydrogen) atoms. The van der Waals surface area contributed by atoms with E-state index in [1.165, 1.54) is 19.2 Å². The van der Waals surface area contributed by atoms with E-state index in [0.29, 0.717) is 0 Å². The van der Waals surface area contributed by atoms with Crippen molar-refractivity contribution in [3.8, 4) is 5.75 Å². The molecule has 112 valence electrons. The molecule has 11 heteroatoms. The number of benzene rings is 1. The van der Waals surface area contributed by atoms with Crippen LogP contribution in [0.5, 0.6) is 5.75 Å². The molecule has 0 aliphatic rings. The number of methoxy groups -OCH3 is 1. The SMILES string of the molecule is COc1ccc(NS(=O)(=O)c2cnc(Cl)s2)cc1[N+](=O)[O-]. The summed E-state index contributed by atoms with van der Waals surface area (Å²) in [6.45, 7) is 0. The maximum atomic E-state index is 12.1. The highest BCUT2D eigenvalue weighted by Crippen LogP contribution is 2.31. The van der Waals surface area contributed by atoms with Crippen LogP contribution >= 0.6 is 22.9 Å². The normalized spacial score (nSPS) is 11.1. The molecule has 0 spiro atoms. The van der Waals surface area contributed by atoms with Gasteiger partial charge in [0.2, 0.25) is 0 Å². The monoisotopic (exact) mass is 349 g/mol. The average molecular weight is 350 g/mol. The smallest absolute Gasteiger partial charge is 0.312 e. The highest BCUT2D eigenvalue weighted by atomic mass is 35.5. The fraction of sp³-hybridized carbons (Fsp3) is 0.100. The largest absolute Gasteiger partial charge is 0.490 e. The van der Waals surface area contributed by atoms with Crippen LogP contribution in [0.25, 0.3) is 0 Å². The third kappa shape index (κ3) is 3.40. The molecule has 0 radical (unpaired) electrons. The first-order chi connectivity index (χ1) is 9.83. The van der Waals surface area contributed by atoms with Crippen molar-refractivity contribution < 1.29 is 18.1 Å². The van der Waals surface area contributed by atoms with Crippen molar-refractivity contribution >= 4 is 44.3 Å². The van der Waals surface area contributed by atoms with Crippen LogP contribution in [0.2, 0.25) is 4.47 Å². The fourth-order valence-corrected chi connectivity index (χ4v) is 3.81. The van der Waals surface area contributed by atoms with Crippen LogP contribution in [0, 0.1) is 10.1 Å². The van der Waals surface area contributed by atoms with Gasteiger partial charge in [0.25, 0.3) is 10.0 Å². The minimum Gasteiger partial charge on any atom is -0.490 e. The number of aromatic nitrogens is 1. The van der Waals surface area contributed by atoms with Gasteiger partial charge in [-0.25, -0.2) is 13.4 Å². The fourth-order valence-electron chi connectivity index (χ4n) is 1.47. The van der Waals surface area contributed by atoms with E-state index in [2.05, 4.69) is 9.71 Å². The first-order valence-electron chi connectivity index (χ1n) is 5.30. The summed E-state index contributed by atoms with van der Waals surface area (Å²) in [6.07, 6.45) is 1.10. The van der Waals surface area contributed by atoms with Gasteiger partial charge in [-0.1, -0.05) is 22.9 Å². The number of nitrogens with zero attached hydrogens (tertiary/aromatic N) is 2. The second kappa shape index (κ2) is 5.84. The van der Waals surface area contributed by atoms with Gasteiger partial charge in [-0.2, -0.15) is 0 Å². The molecular formula is C10H8ClN3O5S2. The van der Waals surface area contributed by atoms with Crippen LogP contribution in [-0.4, -0.2) is 25.4 Å². The predicted molar refractivity (Wildman–Crippen MR) is 77.6 cm³/mol. The molecule has 0 fully saturated rings. The van der Waals surface area contributed by atoms with Gasteiger partial charge in [-0.15, -0.1) is 0 Å². The first-order valence-corrected chi connectivity index (χ1v) is 7.98. The molecule has 2 aromatic rings. The third-order valence-electron chi connectivity index (χ3n) is 2.35. The van der Waals surface area contributed by atoms with Crippen molar-refractivity contribution in [1.29, 1.82) is 0 Å². The zero-order valence-corrected chi connectivity index (χ0v) is 12.8. The summed E-state index contributed by atoms with van der Waals surface area (Å²) in [5, 5.41) is 10.9. The van der Waals surface area contributed by atoms with Gasteiger partial charge in [-0.3, -0.25) is 14.8 Å². The van der Waals surface area contributed by atoms with E-state index in [-0.39, 0.29) is 25.8 Å². The zero-order chi connectivity index (χ0) is 15.6. The molecule has 0 atom stereocenters. The molecule has 0 aliphatic carbocycles. The highest BCUT2D eigenvalue weighted by molar-refractivity contribution is 7.94. The topological polar surface area (TPSA) is 111 Å². The van der Waals surface area contributed by atoms with Crippen LogP contribution in [0.1, 0.15) is 0 Å². The lowest BCUT2D eigenvalue weighted by molar-refractivity contribution is -0.385. The van der Waals surface area contributed by atoms with E-state index in [9.17, 15) is 18.5 Å². The van der Waals surface area contributed by atoms with E-state index in [0.717, 1.165) is 23.6 Å². The van der Waals surface area contributed by atoms with E-state index in [4.69, 9.17) is 16.3 Å². The Bertz CT molecular complexity index is 790. The number of nitrogens with one attached hydrogen (secondary N) is 1. The van der Waals surface area contributed by atoms with Crippen LogP contribution < -0.4 is 9.46 Å². The Labute approximate surface area is 128 Å². The van der Waals surface area contributed by atoms with Gasteiger partial charge in [-0.05, 0) is 12.1 Å². The summed E-state index contributed by atoms with van der Waals surface area (Å²) in [6, 6.07) is 3.72. The number of nitro groups is 1. The molecule has 1 N–H and O–H groups in total. The predicted octanol–water partition coefficient (Wildman–Crippen LogP) is 2.51. The lowest BCUT2D eigenvalue weighted by atomic mass is 10.2.